The number of hydrogen-bond donors (Lipinski definition) is 1. The summed E-state index contributed by atoms with van der Waals surface area (Å²) in [5, 5.41) is 4.42. The van der Waals surface area contributed by atoms with Crippen LogP contribution in [0.2, 0.25) is 0 Å². The van der Waals surface area contributed by atoms with Crippen LogP contribution >= 0.6 is 0 Å². The van der Waals surface area contributed by atoms with Gasteiger partial charge in [0.1, 0.15) is 0 Å². The minimum Gasteiger partial charge on any atom is -0.394 e. The van der Waals surface area contributed by atoms with E-state index in [-0.39, 0.29) is 0 Å². The van der Waals surface area contributed by atoms with Gasteiger partial charge in [0.25, 0.3) is 0 Å². The molecule has 0 saturated heterocycles. The Morgan fingerprint density at radius 2 is 1.83 bits per heavy atom. The first kappa shape index (κ1) is 14.8. The second-order valence-electron chi connectivity index (χ2n) is 4.54. The third-order valence-electron chi connectivity index (χ3n) is 3.31. The fourth-order valence-corrected chi connectivity index (χ4v) is 2.18. The molecule has 1 aromatic rings. The topological polar surface area (TPSA) is 50.3 Å². The molecular formula is C13H27N5. The lowest BCUT2D eigenvalue weighted by Gasteiger charge is -2.23. The van der Waals surface area contributed by atoms with Gasteiger partial charge in [0.05, 0.1) is 5.69 Å². The molecule has 1 heterocycles. The highest BCUT2D eigenvalue weighted by Crippen LogP contribution is 2.19. The van der Waals surface area contributed by atoms with Crippen LogP contribution in [0.4, 0.5) is 11.5 Å². The van der Waals surface area contributed by atoms with E-state index in [0.29, 0.717) is 0 Å². The van der Waals surface area contributed by atoms with Crippen molar-refractivity contribution in [3.05, 3.63) is 6.20 Å². The number of rotatable bonds is 8. The van der Waals surface area contributed by atoms with Gasteiger partial charge in [0.15, 0.2) is 5.82 Å². The first-order valence-corrected chi connectivity index (χ1v) is 6.88. The smallest absolute Gasteiger partial charge is 0.173 e. The van der Waals surface area contributed by atoms with Crippen molar-refractivity contribution in [2.24, 2.45) is 7.05 Å². The van der Waals surface area contributed by atoms with Crippen LogP contribution in [0.3, 0.4) is 0 Å². The molecule has 0 bridgehead atoms. The van der Waals surface area contributed by atoms with E-state index in [1.165, 1.54) is 0 Å². The SMILES string of the molecule is CCN(CC)CCCN(CC)c1nn(C)cc1N. The van der Waals surface area contributed by atoms with Crippen LogP contribution in [0.15, 0.2) is 6.20 Å². The molecule has 0 unspecified atom stereocenters. The van der Waals surface area contributed by atoms with Crippen LogP contribution in [0.25, 0.3) is 0 Å². The molecule has 0 aliphatic carbocycles. The molecule has 2 N–H and O–H groups in total. The molecule has 0 radical (unpaired) electrons. The maximum atomic E-state index is 5.97. The third kappa shape index (κ3) is 3.91. The Labute approximate surface area is 111 Å². The Kier molecular flexibility index (Phi) is 5.98. The molecule has 1 rings (SSSR count). The zero-order valence-corrected chi connectivity index (χ0v) is 12.2. The lowest BCUT2D eigenvalue weighted by atomic mass is 10.3. The van der Waals surface area contributed by atoms with Crippen molar-refractivity contribution in [1.29, 1.82) is 0 Å². The summed E-state index contributed by atoms with van der Waals surface area (Å²) in [6.45, 7) is 11.9. The third-order valence-corrected chi connectivity index (χ3v) is 3.31. The van der Waals surface area contributed by atoms with Crippen molar-refractivity contribution in [2.45, 2.75) is 27.2 Å². The Bertz CT molecular complexity index is 343. The molecule has 0 aliphatic heterocycles. The zero-order valence-electron chi connectivity index (χ0n) is 12.2. The van der Waals surface area contributed by atoms with Gasteiger partial charge in [-0.3, -0.25) is 4.68 Å². The normalized spacial score (nSPS) is 11.2. The second-order valence-corrected chi connectivity index (χ2v) is 4.54. The van der Waals surface area contributed by atoms with Gasteiger partial charge in [-0.25, -0.2) is 0 Å². The van der Waals surface area contributed by atoms with Crippen molar-refractivity contribution in [3.8, 4) is 0 Å². The number of nitrogens with two attached hydrogens (primary N) is 1. The molecular weight excluding hydrogens is 226 g/mol. The number of aryl methyl sites for hydroxylation is 1. The van der Waals surface area contributed by atoms with E-state index in [1.54, 1.807) is 4.68 Å². The van der Waals surface area contributed by atoms with Crippen LogP contribution < -0.4 is 10.6 Å². The monoisotopic (exact) mass is 253 g/mol. The number of aromatic nitrogens is 2. The molecule has 0 aromatic carbocycles. The lowest BCUT2D eigenvalue weighted by Crippen LogP contribution is -2.30. The molecule has 0 amide bonds. The maximum absolute atomic E-state index is 5.97. The summed E-state index contributed by atoms with van der Waals surface area (Å²) in [5.41, 5.74) is 6.73. The first-order chi connectivity index (χ1) is 8.62. The molecule has 104 valence electrons. The lowest BCUT2D eigenvalue weighted by molar-refractivity contribution is 0.300. The summed E-state index contributed by atoms with van der Waals surface area (Å²) in [6, 6.07) is 0. The molecule has 0 aliphatic rings. The van der Waals surface area contributed by atoms with Crippen molar-refractivity contribution >= 4 is 11.5 Å². The van der Waals surface area contributed by atoms with Gasteiger partial charge >= 0.3 is 0 Å². The Morgan fingerprint density at radius 3 is 2.28 bits per heavy atom. The Balaban J connectivity index is 2.50. The molecule has 5 heteroatoms. The van der Waals surface area contributed by atoms with Crippen molar-refractivity contribution in [3.63, 3.8) is 0 Å². The summed E-state index contributed by atoms with van der Waals surface area (Å²) in [7, 11) is 1.91. The standard InChI is InChI=1S/C13H27N5/c1-5-17(6-2)9-8-10-18(7-3)13-12(14)11-16(4)15-13/h11H,5-10,14H2,1-4H3. The molecule has 1 aromatic heterocycles. The molecule has 0 spiro atoms. The summed E-state index contributed by atoms with van der Waals surface area (Å²) in [5.74, 6) is 0.916. The van der Waals surface area contributed by atoms with Gasteiger partial charge in [-0.05, 0) is 33.0 Å². The van der Waals surface area contributed by atoms with Crippen molar-refractivity contribution < 1.29 is 0 Å². The Morgan fingerprint density at radius 1 is 1.17 bits per heavy atom. The van der Waals surface area contributed by atoms with E-state index >= 15 is 0 Å². The van der Waals surface area contributed by atoms with Gasteiger partial charge in [-0.1, -0.05) is 13.8 Å². The van der Waals surface area contributed by atoms with E-state index in [9.17, 15) is 0 Å². The second kappa shape index (κ2) is 7.26. The van der Waals surface area contributed by atoms with Crippen LogP contribution in [-0.4, -0.2) is 47.4 Å². The van der Waals surface area contributed by atoms with E-state index in [0.717, 1.165) is 50.6 Å². The highest BCUT2D eigenvalue weighted by atomic mass is 15.3. The molecule has 0 atom stereocenters. The van der Waals surface area contributed by atoms with Gasteiger partial charge in [-0.15, -0.1) is 0 Å². The fraction of sp³-hybridized carbons (Fsp3) is 0.769. The quantitative estimate of drug-likeness (QED) is 0.764. The summed E-state index contributed by atoms with van der Waals surface area (Å²) in [6.07, 6.45) is 3.01. The predicted octanol–water partition coefficient (Wildman–Crippen LogP) is 1.56. The molecule has 0 saturated carbocycles. The largest absolute Gasteiger partial charge is 0.394 e. The number of anilines is 2. The first-order valence-electron chi connectivity index (χ1n) is 6.88. The van der Waals surface area contributed by atoms with Crippen molar-refractivity contribution in [1.82, 2.24) is 14.7 Å². The number of hydrogen-bond acceptors (Lipinski definition) is 4. The van der Waals surface area contributed by atoms with E-state index in [2.05, 4.69) is 35.7 Å². The minimum absolute atomic E-state index is 0.766. The molecule has 0 fully saturated rings. The van der Waals surface area contributed by atoms with Gasteiger partial charge in [-0.2, -0.15) is 5.10 Å². The summed E-state index contributed by atoms with van der Waals surface area (Å²) in [4.78, 5) is 4.69. The highest BCUT2D eigenvalue weighted by molar-refractivity contribution is 5.61. The highest BCUT2D eigenvalue weighted by Gasteiger charge is 2.12. The van der Waals surface area contributed by atoms with Crippen LogP contribution in [0.5, 0.6) is 0 Å². The number of nitrogens with zero attached hydrogens (tertiary/aromatic N) is 4. The van der Waals surface area contributed by atoms with Gasteiger partial charge in [0, 0.05) is 26.3 Å². The maximum Gasteiger partial charge on any atom is 0.173 e. The van der Waals surface area contributed by atoms with Crippen LogP contribution in [0.1, 0.15) is 27.2 Å². The zero-order chi connectivity index (χ0) is 13.5. The summed E-state index contributed by atoms with van der Waals surface area (Å²) >= 11 is 0. The average molecular weight is 253 g/mol. The van der Waals surface area contributed by atoms with Crippen LogP contribution in [0, 0.1) is 0 Å². The van der Waals surface area contributed by atoms with E-state index < -0.39 is 0 Å². The van der Waals surface area contributed by atoms with Gasteiger partial charge < -0.3 is 15.5 Å². The number of nitrogen functional groups attached to an aromatic ring is 1. The van der Waals surface area contributed by atoms with E-state index in [1.807, 2.05) is 13.2 Å². The van der Waals surface area contributed by atoms with Gasteiger partial charge in [0.2, 0.25) is 0 Å². The predicted molar refractivity (Wildman–Crippen MR) is 77.9 cm³/mol. The summed E-state index contributed by atoms with van der Waals surface area (Å²) < 4.78 is 1.78. The molecule has 18 heavy (non-hydrogen) atoms. The van der Waals surface area contributed by atoms with Crippen LogP contribution in [-0.2, 0) is 7.05 Å². The van der Waals surface area contributed by atoms with E-state index in [4.69, 9.17) is 5.73 Å². The Hall–Kier alpha value is -1.23. The fourth-order valence-electron chi connectivity index (χ4n) is 2.18. The molecule has 5 nitrogen and oxygen atoms in total. The minimum atomic E-state index is 0.766. The van der Waals surface area contributed by atoms with Crippen molar-refractivity contribution in [2.75, 3.05) is 43.4 Å². The average Bonchev–Trinajstić information content (AvgIpc) is 2.69.